The zero-order chi connectivity index (χ0) is 11.7. The largest absolute Gasteiger partial charge is 0.390 e. The normalized spacial score (nSPS) is 20.6. The topological polar surface area (TPSA) is 83.4 Å². The van der Waals surface area contributed by atoms with Crippen LogP contribution in [0.3, 0.4) is 0 Å². The predicted molar refractivity (Wildman–Crippen MR) is 61.5 cm³/mol. The van der Waals surface area contributed by atoms with Gasteiger partial charge in [-0.3, -0.25) is 0 Å². The summed E-state index contributed by atoms with van der Waals surface area (Å²) in [6, 6.07) is 1.86. The van der Waals surface area contributed by atoms with Crippen molar-refractivity contribution in [1.82, 2.24) is 10.1 Å². The van der Waals surface area contributed by atoms with Gasteiger partial charge in [-0.05, 0) is 11.4 Å². The Balaban J connectivity index is 1.85. The first-order valence-corrected chi connectivity index (χ1v) is 6.09. The molecule has 0 saturated carbocycles. The smallest absolute Gasteiger partial charge is 0.261 e. The van der Waals surface area contributed by atoms with Crippen LogP contribution in [0.15, 0.2) is 16.0 Å². The van der Waals surface area contributed by atoms with E-state index in [1.165, 1.54) is 11.3 Å². The third-order valence-corrected chi connectivity index (χ3v) is 3.22. The monoisotopic (exact) mass is 253 g/mol. The van der Waals surface area contributed by atoms with Crippen molar-refractivity contribution in [2.24, 2.45) is 0 Å². The number of hydrogen-bond donors (Lipinski definition) is 1. The maximum atomic E-state index is 5.80. The van der Waals surface area contributed by atoms with Gasteiger partial charge in [0.2, 0.25) is 5.82 Å². The first-order valence-electron chi connectivity index (χ1n) is 5.21. The molecule has 1 atom stereocenters. The van der Waals surface area contributed by atoms with Crippen molar-refractivity contribution in [1.29, 1.82) is 0 Å². The maximum Gasteiger partial charge on any atom is 0.261 e. The Bertz CT molecular complexity index is 504. The predicted octanol–water partition coefficient (Wildman–Crippen LogP) is 1.47. The molecule has 3 heterocycles. The number of ether oxygens (including phenoxy) is 2. The van der Waals surface area contributed by atoms with Crippen molar-refractivity contribution < 1.29 is 14.0 Å². The molecule has 0 spiro atoms. The molecule has 0 bridgehead atoms. The van der Waals surface area contributed by atoms with Gasteiger partial charge in [-0.1, -0.05) is 5.16 Å². The highest BCUT2D eigenvalue weighted by Gasteiger charge is 2.23. The number of aromatic nitrogens is 2. The average Bonchev–Trinajstić information content (AvgIpc) is 2.98. The molecule has 17 heavy (non-hydrogen) atoms. The van der Waals surface area contributed by atoms with E-state index in [-0.39, 0.29) is 6.10 Å². The summed E-state index contributed by atoms with van der Waals surface area (Å²) in [7, 11) is 0. The molecule has 6 nitrogen and oxygen atoms in total. The Morgan fingerprint density at radius 1 is 1.41 bits per heavy atom. The van der Waals surface area contributed by atoms with E-state index in [4.69, 9.17) is 19.7 Å². The lowest BCUT2D eigenvalue weighted by molar-refractivity contribution is -0.0941. The molecule has 0 radical (unpaired) electrons. The number of nitrogens with two attached hydrogens (primary N) is 1. The minimum atomic E-state index is -0.249. The van der Waals surface area contributed by atoms with Gasteiger partial charge >= 0.3 is 0 Å². The second kappa shape index (κ2) is 4.44. The molecule has 1 aliphatic rings. The number of thiophene rings is 1. The second-order valence-corrected chi connectivity index (χ2v) is 4.54. The molecular formula is C10H11N3O3S. The number of rotatable bonds is 2. The highest BCUT2D eigenvalue weighted by molar-refractivity contribution is 7.14. The van der Waals surface area contributed by atoms with Gasteiger partial charge in [-0.25, -0.2) is 0 Å². The number of nitrogen functional groups attached to an aromatic ring is 1. The standard InChI is InChI=1S/C10H11N3O3S/c11-8-6(1-4-17-8)10-12-9(13-16-10)7-5-14-2-3-15-7/h1,4,7H,2-3,5,11H2. The highest BCUT2D eigenvalue weighted by Crippen LogP contribution is 2.30. The highest BCUT2D eigenvalue weighted by atomic mass is 32.1. The van der Waals surface area contributed by atoms with E-state index < -0.39 is 0 Å². The quantitative estimate of drug-likeness (QED) is 0.872. The van der Waals surface area contributed by atoms with Gasteiger partial charge in [0.25, 0.3) is 5.89 Å². The summed E-state index contributed by atoms with van der Waals surface area (Å²) >= 11 is 1.44. The molecule has 3 rings (SSSR count). The molecule has 0 amide bonds. The lowest BCUT2D eigenvalue weighted by Crippen LogP contribution is -2.22. The van der Waals surface area contributed by atoms with E-state index in [9.17, 15) is 0 Å². The molecule has 1 unspecified atom stereocenters. The summed E-state index contributed by atoms with van der Waals surface area (Å²) in [4.78, 5) is 4.28. The van der Waals surface area contributed by atoms with Gasteiger partial charge in [-0.2, -0.15) is 4.98 Å². The first-order chi connectivity index (χ1) is 8.34. The van der Waals surface area contributed by atoms with Gasteiger partial charge in [0, 0.05) is 0 Å². The SMILES string of the molecule is Nc1sccc1-c1nc(C2COCCO2)no1. The molecule has 2 aromatic rings. The molecule has 0 aromatic carbocycles. The lowest BCUT2D eigenvalue weighted by atomic mass is 10.3. The molecule has 1 saturated heterocycles. The van der Waals surface area contributed by atoms with Gasteiger partial charge in [0.1, 0.15) is 6.10 Å². The van der Waals surface area contributed by atoms with Crippen LogP contribution in [-0.4, -0.2) is 30.0 Å². The number of hydrogen-bond acceptors (Lipinski definition) is 7. The van der Waals surface area contributed by atoms with E-state index in [0.29, 0.717) is 36.5 Å². The summed E-state index contributed by atoms with van der Waals surface area (Å²) < 4.78 is 16.0. The van der Waals surface area contributed by atoms with Crippen LogP contribution in [0.5, 0.6) is 0 Å². The molecule has 2 N–H and O–H groups in total. The molecule has 1 fully saturated rings. The Labute approximate surface area is 101 Å². The Morgan fingerprint density at radius 2 is 2.35 bits per heavy atom. The molecule has 1 aliphatic heterocycles. The van der Waals surface area contributed by atoms with Crippen LogP contribution in [0.1, 0.15) is 11.9 Å². The fraction of sp³-hybridized carbons (Fsp3) is 0.400. The minimum absolute atomic E-state index is 0.249. The zero-order valence-corrected chi connectivity index (χ0v) is 9.77. The van der Waals surface area contributed by atoms with Crippen molar-refractivity contribution in [3.05, 3.63) is 17.3 Å². The van der Waals surface area contributed by atoms with E-state index in [0.717, 1.165) is 5.56 Å². The average molecular weight is 253 g/mol. The second-order valence-electron chi connectivity index (χ2n) is 3.59. The van der Waals surface area contributed by atoms with Gasteiger partial charge < -0.3 is 19.7 Å². The van der Waals surface area contributed by atoms with Gasteiger partial charge in [0.05, 0.1) is 30.4 Å². The van der Waals surface area contributed by atoms with Crippen LogP contribution < -0.4 is 5.73 Å². The first kappa shape index (κ1) is 10.7. The molecule has 90 valence electrons. The molecule has 2 aromatic heterocycles. The van der Waals surface area contributed by atoms with Crippen molar-refractivity contribution in [2.75, 3.05) is 25.6 Å². The molecule has 0 aliphatic carbocycles. The van der Waals surface area contributed by atoms with Crippen LogP contribution in [0.25, 0.3) is 11.5 Å². The summed E-state index contributed by atoms with van der Waals surface area (Å²) in [5.41, 5.74) is 6.56. The molecule has 7 heteroatoms. The van der Waals surface area contributed by atoms with E-state index in [1.807, 2.05) is 11.4 Å². The van der Waals surface area contributed by atoms with Crippen molar-refractivity contribution in [3.8, 4) is 11.5 Å². The third kappa shape index (κ3) is 2.04. The third-order valence-electron chi connectivity index (χ3n) is 2.47. The Hall–Kier alpha value is -1.44. The summed E-state index contributed by atoms with van der Waals surface area (Å²) in [6.45, 7) is 1.62. The Morgan fingerprint density at radius 3 is 3.06 bits per heavy atom. The summed E-state index contributed by atoms with van der Waals surface area (Å²) in [6.07, 6.45) is -0.249. The van der Waals surface area contributed by atoms with Crippen LogP contribution >= 0.6 is 11.3 Å². The summed E-state index contributed by atoms with van der Waals surface area (Å²) in [5, 5.41) is 6.45. The van der Waals surface area contributed by atoms with Crippen LogP contribution in [0.4, 0.5) is 5.00 Å². The van der Waals surface area contributed by atoms with Gasteiger partial charge in [0.15, 0.2) is 0 Å². The lowest BCUT2D eigenvalue weighted by Gasteiger charge is -2.19. The van der Waals surface area contributed by atoms with E-state index in [1.54, 1.807) is 0 Å². The number of nitrogens with zero attached hydrogens (tertiary/aromatic N) is 2. The number of anilines is 1. The molecular weight excluding hydrogens is 242 g/mol. The fourth-order valence-corrected chi connectivity index (χ4v) is 2.24. The van der Waals surface area contributed by atoms with Crippen molar-refractivity contribution in [2.45, 2.75) is 6.10 Å². The van der Waals surface area contributed by atoms with Crippen LogP contribution in [0, 0.1) is 0 Å². The summed E-state index contributed by atoms with van der Waals surface area (Å²) in [5.74, 6) is 0.929. The van der Waals surface area contributed by atoms with Crippen LogP contribution in [0.2, 0.25) is 0 Å². The fourth-order valence-electron chi connectivity index (χ4n) is 1.61. The van der Waals surface area contributed by atoms with Crippen LogP contribution in [-0.2, 0) is 9.47 Å². The maximum absolute atomic E-state index is 5.80. The minimum Gasteiger partial charge on any atom is -0.390 e. The Kier molecular flexibility index (Phi) is 2.79. The van der Waals surface area contributed by atoms with E-state index >= 15 is 0 Å². The van der Waals surface area contributed by atoms with E-state index in [2.05, 4.69) is 10.1 Å². The van der Waals surface area contributed by atoms with Crippen molar-refractivity contribution in [3.63, 3.8) is 0 Å². The van der Waals surface area contributed by atoms with Crippen molar-refractivity contribution >= 4 is 16.3 Å². The zero-order valence-electron chi connectivity index (χ0n) is 8.96. The van der Waals surface area contributed by atoms with Gasteiger partial charge in [-0.15, -0.1) is 11.3 Å².